The second-order valence-corrected chi connectivity index (χ2v) is 10.4. The number of rotatable bonds is 20. The molecule has 0 fully saturated rings. The van der Waals surface area contributed by atoms with E-state index in [1.54, 1.807) is 6.20 Å². The molecule has 1 heterocycles. The topological polar surface area (TPSA) is 85.1 Å². The molecule has 7 heteroatoms. The van der Waals surface area contributed by atoms with Gasteiger partial charge in [0.1, 0.15) is 11.1 Å². The van der Waals surface area contributed by atoms with Gasteiger partial charge in [0, 0.05) is 18.4 Å². The highest BCUT2D eigenvalue weighted by Crippen LogP contribution is 2.29. The average molecular weight is 540 g/mol. The molecule has 3 N–H and O–H groups in total. The molecular weight excluding hydrogens is 498 g/mol. The van der Waals surface area contributed by atoms with E-state index < -0.39 is 11.9 Å². The van der Waals surface area contributed by atoms with Gasteiger partial charge in [-0.3, -0.25) is 9.59 Å². The number of hydrogen-bond acceptors (Lipinski definition) is 5. The first-order valence-electron chi connectivity index (χ1n) is 12.8. The number of aromatic nitrogens is 1. The van der Waals surface area contributed by atoms with Crippen molar-refractivity contribution in [2.75, 3.05) is 5.75 Å². The molecule has 0 saturated carbocycles. The van der Waals surface area contributed by atoms with Crippen LogP contribution in [-0.4, -0.2) is 28.6 Å². The SMILES string of the molecule is CC/C=C\C/C=C\C/C=C\C/C=C\C/C=C\C/C=C\CCC(=O)N[C@@H](CSSc1ccccn1)C(N)=O. The van der Waals surface area contributed by atoms with Crippen molar-refractivity contribution in [3.63, 3.8) is 0 Å². The van der Waals surface area contributed by atoms with Crippen molar-refractivity contribution in [1.29, 1.82) is 0 Å². The normalized spacial score (nSPS) is 13.2. The first kappa shape index (κ1) is 32.3. The van der Waals surface area contributed by atoms with Crippen molar-refractivity contribution < 1.29 is 9.59 Å². The summed E-state index contributed by atoms with van der Waals surface area (Å²) in [6, 6.07) is 4.94. The number of nitrogens with two attached hydrogens (primary N) is 1. The van der Waals surface area contributed by atoms with E-state index in [9.17, 15) is 9.59 Å². The molecule has 5 nitrogen and oxygen atoms in total. The van der Waals surface area contributed by atoms with Crippen LogP contribution in [0.4, 0.5) is 0 Å². The smallest absolute Gasteiger partial charge is 0.240 e. The van der Waals surface area contributed by atoms with E-state index in [2.05, 4.69) is 78.0 Å². The number of hydrogen-bond donors (Lipinski definition) is 2. The van der Waals surface area contributed by atoms with Crippen LogP contribution in [0.2, 0.25) is 0 Å². The summed E-state index contributed by atoms with van der Waals surface area (Å²) in [7, 11) is 2.89. The zero-order chi connectivity index (χ0) is 26.8. The van der Waals surface area contributed by atoms with E-state index in [0.29, 0.717) is 18.6 Å². The van der Waals surface area contributed by atoms with Crippen LogP contribution in [0.15, 0.2) is 102 Å². The van der Waals surface area contributed by atoms with Gasteiger partial charge in [-0.2, -0.15) is 0 Å². The van der Waals surface area contributed by atoms with Crippen molar-refractivity contribution >= 4 is 33.4 Å². The summed E-state index contributed by atoms with van der Waals surface area (Å²) in [6.45, 7) is 2.15. The maximum absolute atomic E-state index is 12.2. The third-order valence-electron chi connectivity index (χ3n) is 4.83. The highest BCUT2D eigenvalue weighted by Gasteiger charge is 2.18. The zero-order valence-electron chi connectivity index (χ0n) is 21.8. The Morgan fingerprint density at radius 1 is 0.865 bits per heavy atom. The van der Waals surface area contributed by atoms with E-state index in [4.69, 9.17) is 5.73 Å². The van der Waals surface area contributed by atoms with Crippen LogP contribution in [0.1, 0.15) is 58.3 Å². The minimum absolute atomic E-state index is 0.174. The number of amides is 2. The standard InChI is InChI=1S/C30H41N3O2S2/c1-2-3-4-5-6-7-8-9-10-11-12-13-14-15-16-17-18-19-20-23-28(34)33-27(30(31)35)26-36-37-29-24-21-22-25-32-29/h3-4,6-7,9-10,12-13,15-16,18-19,21-22,24-25,27H,2,5,8,11,14,17,20,23,26H2,1H3,(H2,31,35)(H,33,34)/b4-3-,7-6-,10-9-,13-12-,16-15-,19-18-/t27-/m0/s1. The van der Waals surface area contributed by atoms with Crippen LogP contribution in [0.3, 0.4) is 0 Å². The van der Waals surface area contributed by atoms with E-state index in [1.807, 2.05) is 30.4 Å². The Morgan fingerprint density at radius 3 is 1.89 bits per heavy atom. The molecule has 1 rings (SSSR count). The first-order chi connectivity index (χ1) is 18.1. The minimum atomic E-state index is -0.695. The number of carbonyl (C=O) groups excluding carboxylic acids is 2. The van der Waals surface area contributed by atoms with Crippen LogP contribution in [0, 0.1) is 0 Å². The number of carbonyl (C=O) groups is 2. The Bertz CT molecular complexity index is 922. The highest BCUT2D eigenvalue weighted by atomic mass is 33.1. The van der Waals surface area contributed by atoms with Gasteiger partial charge in [-0.05, 0) is 67.9 Å². The molecule has 0 bridgehead atoms. The van der Waals surface area contributed by atoms with E-state index in [1.165, 1.54) is 21.6 Å². The fourth-order valence-corrected chi connectivity index (χ4v) is 4.96. The van der Waals surface area contributed by atoms with E-state index in [0.717, 1.165) is 43.6 Å². The van der Waals surface area contributed by atoms with E-state index >= 15 is 0 Å². The molecule has 0 aliphatic rings. The lowest BCUT2D eigenvalue weighted by molar-refractivity contribution is -0.126. The van der Waals surface area contributed by atoms with Crippen molar-refractivity contribution in [2.24, 2.45) is 5.73 Å². The summed E-state index contributed by atoms with van der Waals surface area (Å²) in [4.78, 5) is 28.0. The van der Waals surface area contributed by atoms with Crippen LogP contribution >= 0.6 is 21.6 Å². The molecule has 0 spiro atoms. The van der Waals surface area contributed by atoms with Crippen molar-refractivity contribution in [2.45, 2.75) is 69.4 Å². The van der Waals surface area contributed by atoms with Crippen LogP contribution in [0.25, 0.3) is 0 Å². The van der Waals surface area contributed by atoms with Gasteiger partial charge in [0.15, 0.2) is 0 Å². The predicted octanol–water partition coefficient (Wildman–Crippen LogP) is 7.27. The summed E-state index contributed by atoms with van der Waals surface area (Å²) >= 11 is 0. The Morgan fingerprint density at radius 2 is 1.41 bits per heavy atom. The summed E-state index contributed by atoms with van der Waals surface area (Å²) in [5.41, 5.74) is 5.44. The minimum Gasteiger partial charge on any atom is -0.368 e. The monoisotopic (exact) mass is 539 g/mol. The molecule has 1 aromatic rings. The largest absolute Gasteiger partial charge is 0.368 e. The molecule has 0 aliphatic carbocycles. The molecule has 200 valence electrons. The molecule has 37 heavy (non-hydrogen) atoms. The zero-order valence-corrected chi connectivity index (χ0v) is 23.5. The van der Waals surface area contributed by atoms with Crippen molar-refractivity contribution in [3.05, 3.63) is 97.3 Å². The molecule has 0 aliphatic heterocycles. The van der Waals surface area contributed by atoms with Gasteiger partial charge in [-0.1, -0.05) is 96.7 Å². The van der Waals surface area contributed by atoms with Crippen LogP contribution < -0.4 is 11.1 Å². The Labute approximate surface area is 230 Å². The Balaban J connectivity index is 2.09. The van der Waals surface area contributed by atoms with Gasteiger partial charge in [0.2, 0.25) is 11.8 Å². The summed E-state index contributed by atoms with van der Waals surface area (Å²) in [6.07, 6.45) is 34.3. The quantitative estimate of drug-likeness (QED) is 0.134. The molecule has 0 radical (unpaired) electrons. The van der Waals surface area contributed by atoms with E-state index in [-0.39, 0.29) is 5.91 Å². The van der Waals surface area contributed by atoms with Gasteiger partial charge < -0.3 is 11.1 Å². The molecule has 0 unspecified atom stereocenters. The van der Waals surface area contributed by atoms with Gasteiger partial charge in [-0.25, -0.2) is 4.98 Å². The number of nitrogens with one attached hydrogen (secondary N) is 1. The average Bonchev–Trinajstić information content (AvgIpc) is 2.90. The fourth-order valence-electron chi connectivity index (χ4n) is 2.87. The van der Waals surface area contributed by atoms with Crippen LogP contribution in [0.5, 0.6) is 0 Å². The number of nitrogens with zero attached hydrogens (tertiary/aromatic N) is 1. The number of pyridine rings is 1. The predicted molar refractivity (Wildman–Crippen MR) is 161 cm³/mol. The molecule has 1 aromatic heterocycles. The lowest BCUT2D eigenvalue weighted by atomic mass is 10.2. The second-order valence-electron chi connectivity index (χ2n) is 8.01. The van der Waals surface area contributed by atoms with Crippen molar-refractivity contribution in [1.82, 2.24) is 10.3 Å². The van der Waals surface area contributed by atoms with Gasteiger partial charge in [0.05, 0.1) is 0 Å². The Hall–Kier alpha value is -2.77. The lowest BCUT2D eigenvalue weighted by Gasteiger charge is -2.14. The van der Waals surface area contributed by atoms with Gasteiger partial charge >= 0.3 is 0 Å². The molecule has 0 saturated heterocycles. The Kier molecular flexibility index (Phi) is 20.6. The maximum atomic E-state index is 12.2. The summed E-state index contributed by atoms with van der Waals surface area (Å²) in [5, 5.41) is 3.57. The molecule has 1 atom stereocenters. The lowest BCUT2D eigenvalue weighted by Crippen LogP contribution is -2.45. The number of primary amides is 1. The fraction of sp³-hybridized carbons (Fsp3) is 0.367. The second kappa shape index (κ2) is 23.6. The van der Waals surface area contributed by atoms with Gasteiger partial charge in [-0.15, -0.1) is 0 Å². The first-order valence-corrected chi connectivity index (χ1v) is 15.1. The highest BCUT2D eigenvalue weighted by molar-refractivity contribution is 8.76. The molecular formula is C30H41N3O2S2. The van der Waals surface area contributed by atoms with Crippen LogP contribution in [-0.2, 0) is 9.59 Å². The number of allylic oxidation sites excluding steroid dienone is 12. The summed E-state index contributed by atoms with van der Waals surface area (Å²) < 4.78 is 0. The third kappa shape index (κ3) is 20.0. The molecule has 2 amide bonds. The maximum Gasteiger partial charge on any atom is 0.240 e. The van der Waals surface area contributed by atoms with Crippen molar-refractivity contribution in [3.8, 4) is 0 Å². The summed E-state index contributed by atoms with van der Waals surface area (Å²) in [5.74, 6) is -0.314. The van der Waals surface area contributed by atoms with Gasteiger partial charge in [0.25, 0.3) is 0 Å². The third-order valence-corrected chi connectivity index (χ3v) is 7.10. The molecule has 0 aromatic carbocycles.